The Balaban J connectivity index is 2.82. The molecule has 0 aliphatic rings. The summed E-state index contributed by atoms with van der Waals surface area (Å²) < 4.78 is 0. The number of aliphatic hydroxyl groups is 1. The van der Waals surface area contributed by atoms with Crippen molar-refractivity contribution >= 4 is 17.3 Å². The molecule has 6 N–H and O–H groups in total. The standard InChI is InChI=1S/C12H19N3O2/c1-7(2)11(16)6-15-10-5-8(13)3-4-9(10)12(14)17/h3-5,7,11,15-16H,6,13H2,1-2H3,(H2,14,17). The first-order valence-electron chi connectivity index (χ1n) is 5.53. The van der Waals surface area contributed by atoms with E-state index in [-0.39, 0.29) is 5.92 Å². The summed E-state index contributed by atoms with van der Waals surface area (Å²) in [6, 6.07) is 4.82. The van der Waals surface area contributed by atoms with Gasteiger partial charge in [-0.25, -0.2) is 0 Å². The van der Waals surface area contributed by atoms with Crippen molar-refractivity contribution in [3.05, 3.63) is 23.8 Å². The molecule has 5 nitrogen and oxygen atoms in total. The van der Waals surface area contributed by atoms with E-state index in [1.165, 1.54) is 0 Å². The van der Waals surface area contributed by atoms with Gasteiger partial charge in [0.1, 0.15) is 0 Å². The van der Waals surface area contributed by atoms with Crippen LogP contribution < -0.4 is 16.8 Å². The zero-order chi connectivity index (χ0) is 13.0. The van der Waals surface area contributed by atoms with Crippen LogP contribution in [0.2, 0.25) is 0 Å². The highest BCUT2D eigenvalue weighted by Gasteiger charge is 2.12. The summed E-state index contributed by atoms with van der Waals surface area (Å²) >= 11 is 0. The second kappa shape index (κ2) is 5.54. The average Bonchev–Trinajstić information content (AvgIpc) is 2.25. The predicted molar refractivity (Wildman–Crippen MR) is 68.7 cm³/mol. The number of amides is 1. The summed E-state index contributed by atoms with van der Waals surface area (Å²) in [6.07, 6.45) is -0.489. The van der Waals surface area contributed by atoms with E-state index in [4.69, 9.17) is 11.5 Å². The zero-order valence-corrected chi connectivity index (χ0v) is 10.1. The molecule has 0 fully saturated rings. The van der Waals surface area contributed by atoms with Crippen LogP contribution in [0.5, 0.6) is 0 Å². The van der Waals surface area contributed by atoms with Gasteiger partial charge in [0.25, 0.3) is 5.91 Å². The van der Waals surface area contributed by atoms with Gasteiger partial charge in [-0.15, -0.1) is 0 Å². The quantitative estimate of drug-likeness (QED) is 0.569. The third kappa shape index (κ3) is 3.64. The first-order valence-corrected chi connectivity index (χ1v) is 5.53. The highest BCUT2D eigenvalue weighted by Crippen LogP contribution is 2.19. The Kier molecular flexibility index (Phi) is 4.34. The van der Waals surface area contributed by atoms with Crippen LogP contribution in [0, 0.1) is 5.92 Å². The van der Waals surface area contributed by atoms with E-state index in [2.05, 4.69) is 5.32 Å². The molecule has 5 heteroatoms. The van der Waals surface area contributed by atoms with Crippen LogP contribution in [-0.2, 0) is 0 Å². The summed E-state index contributed by atoms with van der Waals surface area (Å²) in [7, 11) is 0. The van der Waals surface area contributed by atoms with Crippen LogP contribution in [0.1, 0.15) is 24.2 Å². The lowest BCUT2D eigenvalue weighted by Crippen LogP contribution is -2.26. The van der Waals surface area contributed by atoms with Gasteiger partial charge >= 0.3 is 0 Å². The molecule has 0 radical (unpaired) electrons. The number of aliphatic hydroxyl groups excluding tert-OH is 1. The maximum atomic E-state index is 11.2. The summed E-state index contributed by atoms with van der Waals surface area (Å²) in [6.45, 7) is 4.18. The van der Waals surface area contributed by atoms with Crippen LogP contribution in [0.4, 0.5) is 11.4 Å². The predicted octanol–water partition coefficient (Wildman–Crippen LogP) is 0.797. The van der Waals surface area contributed by atoms with E-state index >= 15 is 0 Å². The van der Waals surface area contributed by atoms with Gasteiger partial charge in [0.05, 0.1) is 11.7 Å². The highest BCUT2D eigenvalue weighted by atomic mass is 16.3. The molecule has 1 aromatic carbocycles. The Morgan fingerprint density at radius 2 is 2.12 bits per heavy atom. The molecule has 0 saturated heterocycles. The number of hydrogen-bond donors (Lipinski definition) is 4. The molecule has 1 rings (SSSR count). The fourth-order valence-electron chi connectivity index (χ4n) is 1.37. The van der Waals surface area contributed by atoms with E-state index in [0.29, 0.717) is 23.5 Å². The van der Waals surface area contributed by atoms with Crippen molar-refractivity contribution in [3.8, 4) is 0 Å². The number of anilines is 2. The summed E-state index contributed by atoms with van der Waals surface area (Å²) in [5.74, 6) is -0.382. The van der Waals surface area contributed by atoms with Crippen molar-refractivity contribution in [1.82, 2.24) is 0 Å². The first kappa shape index (κ1) is 13.3. The normalized spacial score (nSPS) is 12.5. The fraction of sp³-hybridized carbons (Fsp3) is 0.417. The van der Waals surface area contributed by atoms with E-state index in [0.717, 1.165) is 0 Å². The van der Waals surface area contributed by atoms with Crippen molar-refractivity contribution in [1.29, 1.82) is 0 Å². The van der Waals surface area contributed by atoms with Gasteiger partial charge in [0, 0.05) is 17.9 Å². The molecule has 0 bridgehead atoms. The average molecular weight is 237 g/mol. The van der Waals surface area contributed by atoms with Crippen molar-refractivity contribution in [2.24, 2.45) is 11.7 Å². The largest absolute Gasteiger partial charge is 0.399 e. The topological polar surface area (TPSA) is 101 Å². The van der Waals surface area contributed by atoms with Crippen molar-refractivity contribution in [2.45, 2.75) is 20.0 Å². The van der Waals surface area contributed by atoms with E-state index in [1.807, 2.05) is 13.8 Å². The van der Waals surface area contributed by atoms with E-state index in [9.17, 15) is 9.90 Å². The van der Waals surface area contributed by atoms with Crippen molar-refractivity contribution in [2.75, 3.05) is 17.6 Å². The molecule has 1 aromatic rings. The molecule has 0 saturated carbocycles. The number of carbonyl (C=O) groups is 1. The summed E-state index contributed by atoms with van der Waals surface area (Å²) in [5.41, 5.74) is 12.3. The van der Waals surface area contributed by atoms with Crippen LogP contribution in [0.25, 0.3) is 0 Å². The van der Waals surface area contributed by atoms with Crippen molar-refractivity contribution in [3.63, 3.8) is 0 Å². The molecular formula is C12H19N3O2. The third-order valence-corrected chi connectivity index (χ3v) is 2.58. The lowest BCUT2D eigenvalue weighted by Gasteiger charge is -2.17. The minimum atomic E-state index is -0.522. The number of rotatable bonds is 5. The Morgan fingerprint density at radius 3 is 2.65 bits per heavy atom. The monoisotopic (exact) mass is 237 g/mol. The van der Waals surface area contributed by atoms with Crippen LogP contribution in [0.15, 0.2) is 18.2 Å². The lowest BCUT2D eigenvalue weighted by molar-refractivity contribution is 0.100. The highest BCUT2D eigenvalue weighted by molar-refractivity contribution is 5.99. The number of carbonyl (C=O) groups excluding carboxylic acids is 1. The third-order valence-electron chi connectivity index (χ3n) is 2.58. The summed E-state index contributed by atoms with van der Waals surface area (Å²) in [5, 5.41) is 12.7. The molecule has 0 aliphatic heterocycles. The molecule has 0 heterocycles. The first-order chi connectivity index (χ1) is 7.91. The number of nitrogens with one attached hydrogen (secondary N) is 1. The van der Waals surface area contributed by atoms with E-state index < -0.39 is 12.0 Å². The minimum absolute atomic E-state index is 0.139. The second-order valence-corrected chi connectivity index (χ2v) is 4.36. The van der Waals surface area contributed by atoms with Gasteiger partial charge in [-0.3, -0.25) is 4.79 Å². The maximum absolute atomic E-state index is 11.2. The van der Waals surface area contributed by atoms with Crippen LogP contribution in [-0.4, -0.2) is 23.7 Å². The number of benzene rings is 1. The molecule has 0 spiro atoms. The smallest absolute Gasteiger partial charge is 0.250 e. The van der Waals surface area contributed by atoms with Gasteiger partial charge < -0.3 is 21.9 Å². The number of hydrogen-bond acceptors (Lipinski definition) is 4. The van der Waals surface area contributed by atoms with Gasteiger partial charge in [0.15, 0.2) is 0 Å². The molecule has 0 aromatic heterocycles. The number of primary amides is 1. The number of nitrogens with two attached hydrogens (primary N) is 2. The minimum Gasteiger partial charge on any atom is -0.399 e. The lowest BCUT2D eigenvalue weighted by atomic mass is 10.1. The Morgan fingerprint density at radius 1 is 1.47 bits per heavy atom. The molecule has 0 aliphatic carbocycles. The Hall–Kier alpha value is -1.75. The molecule has 17 heavy (non-hydrogen) atoms. The van der Waals surface area contributed by atoms with Crippen LogP contribution >= 0.6 is 0 Å². The van der Waals surface area contributed by atoms with Crippen LogP contribution in [0.3, 0.4) is 0 Å². The fourth-order valence-corrected chi connectivity index (χ4v) is 1.37. The Labute approximate surface area is 101 Å². The molecule has 1 unspecified atom stereocenters. The van der Waals surface area contributed by atoms with Gasteiger partial charge in [-0.2, -0.15) is 0 Å². The second-order valence-electron chi connectivity index (χ2n) is 4.36. The molecular weight excluding hydrogens is 218 g/mol. The van der Waals surface area contributed by atoms with Gasteiger partial charge in [-0.05, 0) is 24.1 Å². The van der Waals surface area contributed by atoms with E-state index in [1.54, 1.807) is 18.2 Å². The van der Waals surface area contributed by atoms with Gasteiger partial charge in [-0.1, -0.05) is 13.8 Å². The van der Waals surface area contributed by atoms with Gasteiger partial charge in [0.2, 0.25) is 0 Å². The molecule has 1 amide bonds. The Bertz CT molecular complexity index is 405. The SMILES string of the molecule is CC(C)C(O)CNc1cc(N)ccc1C(N)=O. The van der Waals surface area contributed by atoms with Crippen molar-refractivity contribution < 1.29 is 9.90 Å². The zero-order valence-electron chi connectivity index (χ0n) is 10.1. The summed E-state index contributed by atoms with van der Waals surface area (Å²) in [4.78, 5) is 11.2. The number of nitrogen functional groups attached to an aromatic ring is 1. The molecule has 1 atom stereocenters. The maximum Gasteiger partial charge on any atom is 0.250 e. The molecule has 94 valence electrons.